The zero-order valence-corrected chi connectivity index (χ0v) is 14.6. The third kappa shape index (κ3) is 1.76. The van der Waals surface area contributed by atoms with Gasteiger partial charge >= 0.3 is 0 Å². The molecule has 0 radical (unpaired) electrons. The van der Waals surface area contributed by atoms with Crippen molar-refractivity contribution in [3.05, 3.63) is 36.5 Å². The highest BCUT2D eigenvalue weighted by Gasteiger charge is 2.59. The van der Waals surface area contributed by atoms with Crippen molar-refractivity contribution in [3.63, 3.8) is 0 Å². The maximum absolute atomic E-state index is 4.60. The van der Waals surface area contributed by atoms with Crippen molar-refractivity contribution < 1.29 is 0 Å². The van der Waals surface area contributed by atoms with Crippen LogP contribution in [0.3, 0.4) is 0 Å². The first-order valence-electron chi connectivity index (χ1n) is 9.39. The van der Waals surface area contributed by atoms with E-state index < -0.39 is 0 Å². The van der Waals surface area contributed by atoms with Gasteiger partial charge in [0.15, 0.2) is 0 Å². The zero-order chi connectivity index (χ0) is 15.7. The molecule has 6 atom stereocenters. The summed E-state index contributed by atoms with van der Waals surface area (Å²) in [4.78, 5) is 0. The Kier molecular flexibility index (Phi) is 3.10. The Morgan fingerprint density at radius 2 is 1.68 bits per heavy atom. The average molecular weight is 296 g/mol. The minimum atomic E-state index is 0.408. The van der Waals surface area contributed by atoms with Gasteiger partial charge in [0.2, 0.25) is 0 Å². The van der Waals surface area contributed by atoms with Gasteiger partial charge in [-0.3, -0.25) is 0 Å². The minimum absolute atomic E-state index is 0.408. The molecule has 0 heteroatoms. The molecule has 0 saturated heterocycles. The maximum Gasteiger partial charge on any atom is -0.00848 e. The quantitative estimate of drug-likeness (QED) is 0.460. The smallest absolute Gasteiger partial charge is 0.00848 e. The van der Waals surface area contributed by atoms with E-state index in [9.17, 15) is 0 Å². The Hall–Kier alpha value is -0.780. The van der Waals surface area contributed by atoms with Crippen molar-refractivity contribution in [1.82, 2.24) is 0 Å². The minimum Gasteiger partial charge on any atom is -0.0999 e. The fourth-order valence-electron chi connectivity index (χ4n) is 6.94. The fourth-order valence-corrected chi connectivity index (χ4v) is 6.94. The highest BCUT2D eigenvalue weighted by Crippen LogP contribution is 2.68. The van der Waals surface area contributed by atoms with Crippen LogP contribution in [0.15, 0.2) is 36.5 Å². The largest absolute Gasteiger partial charge is 0.0999 e. The van der Waals surface area contributed by atoms with Gasteiger partial charge in [-0.05, 0) is 85.9 Å². The van der Waals surface area contributed by atoms with Gasteiger partial charge in [0.25, 0.3) is 0 Å². The Morgan fingerprint density at radius 1 is 0.909 bits per heavy atom. The van der Waals surface area contributed by atoms with Crippen LogP contribution in [0.25, 0.3) is 0 Å². The van der Waals surface area contributed by atoms with Crippen molar-refractivity contribution in [2.24, 2.45) is 34.5 Å². The van der Waals surface area contributed by atoms with Crippen LogP contribution in [-0.4, -0.2) is 0 Å². The summed E-state index contributed by atoms with van der Waals surface area (Å²) in [5.74, 6) is 3.28. The topological polar surface area (TPSA) is 0 Å². The van der Waals surface area contributed by atoms with Crippen LogP contribution in [0.1, 0.15) is 65.2 Å². The molecule has 22 heavy (non-hydrogen) atoms. The predicted molar refractivity (Wildman–Crippen MR) is 94.5 cm³/mol. The van der Waals surface area contributed by atoms with Crippen LogP contribution in [0.5, 0.6) is 0 Å². The molecular weight excluding hydrogens is 264 g/mol. The molecule has 120 valence electrons. The Balaban J connectivity index is 1.72. The maximum atomic E-state index is 4.60. The second-order valence-corrected chi connectivity index (χ2v) is 9.36. The highest BCUT2D eigenvalue weighted by molar-refractivity contribution is 5.28. The number of fused-ring (bicyclic) bond motifs is 5. The summed E-state index contributed by atoms with van der Waals surface area (Å²) in [6, 6.07) is 0. The second kappa shape index (κ2) is 4.62. The molecule has 4 aliphatic rings. The standard InChI is InChI=1S/C22H32/c1-14-8-10-22(5)17(12-14)13-15(2)20-18-7-6-16(3)21(18,4)11-9-19(20)22/h17-20H,1-3,6-13H2,4-5H3. The van der Waals surface area contributed by atoms with Gasteiger partial charge in [-0.25, -0.2) is 0 Å². The number of hydrogen-bond acceptors (Lipinski definition) is 0. The van der Waals surface area contributed by atoms with Crippen molar-refractivity contribution >= 4 is 0 Å². The molecule has 0 amide bonds. The summed E-state index contributed by atoms with van der Waals surface area (Å²) in [5, 5.41) is 0. The van der Waals surface area contributed by atoms with Gasteiger partial charge in [-0.15, -0.1) is 0 Å². The molecule has 4 saturated carbocycles. The van der Waals surface area contributed by atoms with Gasteiger partial charge in [0, 0.05) is 0 Å². The van der Waals surface area contributed by atoms with Crippen LogP contribution in [0, 0.1) is 34.5 Å². The lowest BCUT2D eigenvalue weighted by Crippen LogP contribution is -2.52. The normalized spacial score (nSPS) is 51.3. The van der Waals surface area contributed by atoms with Gasteiger partial charge < -0.3 is 0 Å². The number of hydrogen-bond donors (Lipinski definition) is 0. The molecule has 0 heterocycles. The molecule has 0 aromatic rings. The number of rotatable bonds is 0. The monoisotopic (exact) mass is 296 g/mol. The number of allylic oxidation sites excluding steroid dienone is 3. The highest BCUT2D eigenvalue weighted by atomic mass is 14.6. The average Bonchev–Trinajstić information content (AvgIpc) is 2.77. The summed E-state index contributed by atoms with van der Waals surface area (Å²) >= 11 is 0. The molecule has 0 spiro atoms. The molecular formula is C22H32. The first kappa shape index (κ1) is 14.8. The summed E-state index contributed by atoms with van der Waals surface area (Å²) in [5.41, 5.74) is 5.55. The molecule has 0 bridgehead atoms. The lowest BCUT2D eigenvalue weighted by atomic mass is 9.44. The van der Waals surface area contributed by atoms with E-state index in [1.165, 1.54) is 62.5 Å². The van der Waals surface area contributed by atoms with E-state index in [4.69, 9.17) is 0 Å². The van der Waals surface area contributed by atoms with Gasteiger partial charge in [0.1, 0.15) is 0 Å². The lowest BCUT2D eigenvalue weighted by molar-refractivity contribution is -0.0625. The fraction of sp³-hybridized carbons (Fsp3) is 0.727. The summed E-state index contributed by atoms with van der Waals surface area (Å²) < 4.78 is 0. The van der Waals surface area contributed by atoms with Crippen LogP contribution < -0.4 is 0 Å². The molecule has 0 nitrogen and oxygen atoms in total. The lowest BCUT2D eigenvalue weighted by Gasteiger charge is -2.60. The van der Waals surface area contributed by atoms with E-state index in [1.54, 1.807) is 5.57 Å². The molecule has 4 aliphatic carbocycles. The van der Waals surface area contributed by atoms with Crippen LogP contribution in [0.2, 0.25) is 0 Å². The van der Waals surface area contributed by atoms with E-state index in [0.29, 0.717) is 10.8 Å². The molecule has 6 unspecified atom stereocenters. The third-order valence-corrected chi connectivity index (χ3v) is 8.54. The summed E-state index contributed by atoms with van der Waals surface area (Å²) in [6.07, 6.45) is 10.5. The van der Waals surface area contributed by atoms with E-state index in [2.05, 4.69) is 33.6 Å². The molecule has 4 rings (SSSR count). The third-order valence-electron chi connectivity index (χ3n) is 8.54. The van der Waals surface area contributed by atoms with E-state index in [0.717, 1.165) is 23.7 Å². The SMILES string of the molecule is C=C1CCC2(C)C(C1)CC(=C)C1C3CCC(=C)C3(C)CCC12. The van der Waals surface area contributed by atoms with Crippen molar-refractivity contribution in [2.75, 3.05) is 0 Å². The van der Waals surface area contributed by atoms with Crippen molar-refractivity contribution in [2.45, 2.75) is 65.2 Å². The van der Waals surface area contributed by atoms with E-state index in [-0.39, 0.29) is 0 Å². The van der Waals surface area contributed by atoms with Gasteiger partial charge in [-0.1, -0.05) is 50.3 Å². The van der Waals surface area contributed by atoms with Crippen molar-refractivity contribution in [3.8, 4) is 0 Å². The van der Waals surface area contributed by atoms with Crippen LogP contribution >= 0.6 is 0 Å². The second-order valence-electron chi connectivity index (χ2n) is 9.36. The van der Waals surface area contributed by atoms with Crippen molar-refractivity contribution in [1.29, 1.82) is 0 Å². The molecule has 0 aromatic heterocycles. The molecule has 0 aromatic carbocycles. The Bertz CT molecular complexity index is 552. The Morgan fingerprint density at radius 3 is 2.45 bits per heavy atom. The van der Waals surface area contributed by atoms with E-state index in [1.807, 2.05) is 0 Å². The summed E-state index contributed by atoms with van der Waals surface area (Å²) in [6.45, 7) is 18.5. The first-order valence-corrected chi connectivity index (χ1v) is 9.39. The van der Waals surface area contributed by atoms with Gasteiger partial charge in [0.05, 0.1) is 0 Å². The molecule has 4 fully saturated rings. The van der Waals surface area contributed by atoms with Crippen LogP contribution in [-0.2, 0) is 0 Å². The summed E-state index contributed by atoms with van der Waals surface area (Å²) in [7, 11) is 0. The van der Waals surface area contributed by atoms with Crippen LogP contribution in [0.4, 0.5) is 0 Å². The zero-order valence-electron chi connectivity index (χ0n) is 14.6. The molecule has 0 N–H and O–H groups in total. The van der Waals surface area contributed by atoms with E-state index >= 15 is 0 Å². The Labute approximate surface area is 136 Å². The first-order chi connectivity index (χ1) is 10.4. The van der Waals surface area contributed by atoms with Gasteiger partial charge in [-0.2, -0.15) is 0 Å². The predicted octanol–water partition coefficient (Wildman–Crippen LogP) is 6.31. The molecule has 0 aliphatic heterocycles.